The average molecular weight is 728 g/mol. The van der Waals surface area contributed by atoms with Crippen molar-refractivity contribution < 1.29 is 49.8 Å². The lowest BCUT2D eigenvalue weighted by molar-refractivity contribution is -0.146. The summed E-state index contributed by atoms with van der Waals surface area (Å²) in [6.07, 6.45) is -9.92. The van der Waals surface area contributed by atoms with Crippen LogP contribution in [0.5, 0.6) is 0 Å². The van der Waals surface area contributed by atoms with E-state index in [1.807, 2.05) is 4.90 Å². The van der Waals surface area contributed by atoms with Crippen molar-refractivity contribution in [3.63, 3.8) is 0 Å². The molecule has 4 rings (SSSR count). The highest BCUT2D eigenvalue weighted by Crippen LogP contribution is 2.48. The van der Waals surface area contributed by atoms with E-state index in [4.69, 9.17) is 9.47 Å². The minimum absolute atomic E-state index is 0.000520. The van der Waals surface area contributed by atoms with E-state index in [9.17, 15) is 45.6 Å². The van der Waals surface area contributed by atoms with Crippen molar-refractivity contribution in [2.24, 2.45) is 5.92 Å². The van der Waals surface area contributed by atoms with Crippen LogP contribution in [0.1, 0.15) is 61.4 Å². The van der Waals surface area contributed by atoms with Crippen molar-refractivity contribution in [3.05, 3.63) is 70.0 Å². The summed E-state index contributed by atoms with van der Waals surface area (Å²) in [7, 11) is 1.52. The maximum atomic E-state index is 14.1. The number of ketones is 1. The standard InChI is InChI=1S/C35H36F7N3O4S/c1-6-49-29(47)12-20-9-10-45(18-27(20)48-5)32-26(16-43)30(31(50-32)25-8-7-24(36)11-19(25)2)44-17-28(46)33(3,4)21-13-22(34(37,38)39)15-23(14-21)35(40,41)42/h7-8,11,13-15,20,27,44H,6,9-10,12,17-18H2,1-5H3. The number of anilines is 2. The summed E-state index contributed by atoms with van der Waals surface area (Å²) < 4.78 is 107. The van der Waals surface area contributed by atoms with Gasteiger partial charge in [0.2, 0.25) is 0 Å². The molecule has 1 aromatic heterocycles. The highest BCUT2D eigenvalue weighted by atomic mass is 32.1. The molecule has 0 aliphatic carbocycles. The normalized spacial score (nSPS) is 17.0. The Hall–Kier alpha value is -4.16. The van der Waals surface area contributed by atoms with E-state index in [2.05, 4.69) is 11.4 Å². The van der Waals surface area contributed by atoms with Crippen LogP contribution < -0.4 is 10.2 Å². The first-order valence-electron chi connectivity index (χ1n) is 15.7. The fraction of sp³-hybridized carbons (Fsp3) is 0.457. The molecule has 1 saturated heterocycles. The highest BCUT2D eigenvalue weighted by molar-refractivity contribution is 7.20. The highest BCUT2D eigenvalue weighted by Gasteiger charge is 2.40. The second-order valence-corrected chi connectivity index (χ2v) is 13.5. The second-order valence-electron chi connectivity index (χ2n) is 12.5. The van der Waals surface area contributed by atoms with Crippen molar-refractivity contribution in [3.8, 4) is 16.5 Å². The Bertz CT molecular complexity index is 1750. The summed E-state index contributed by atoms with van der Waals surface area (Å²) in [5.74, 6) is -1.75. The number of aryl methyl sites for hydroxylation is 1. The molecule has 0 amide bonds. The van der Waals surface area contributed by atoms with E-state index < -0.39 is 58.7 Å². The van der Waals surface area contributed by atoms with Gasteiger partial charge in [0.25, 0.3) is 0 Å². The van der Waals surface area contributed by atoms with Gasteiger partial charge in [-0.2, -0.15) is 31.6 Å². The summed E-state index contributed by atoms with van der Waals surface area (Å²) >= 11 is 1.20. The lowest BCUT2D eigenvalue weighted by Crippen LogP contribution is -2.45. The number of piperidine rings is 1. The number of rotatable bonds is 11. The molecule has 0 saturated carbocycles. The maximum absolute atomic E-state index is 14.1. The summed E-state index contributed by atoms with van der Waals surface area (Å²) in [6, 6.07) is 7.28. The van der Waals surface area contributed by atoms with Crippen LogP contribution in [0, 0.1) is 30.0 Å². The summed E-state index contributed by atoms with van der Waals surface area (Å²) in [5.41, 5.74) is -3.99. The predicted molar refractivity (Wildman–Crippen MR) is 175 cm³/mol. The number of esters is 1. The van der Waals surface area contributed by atoms with Gasteiger partial charge in [0.1, 0.15) is 22.5 Å². The summed E-state index contributed by atoms with van der Waals surface area (Å²) in [6.45, 7) is 6.25. The van der Waals surface area contributed by atoms with Crippen molar-refractivity contribution in [1.29, 1.82) is 5.26 Å². The lowest BCUT2D eigenvalue weighted by atomic mass is 9.79. The van der Waals surface area contributed by atoms with Gasteiger partial charge in [-0.3, -0.25) is 9.59 Å². The first-order valence-corrected chi connectivity index (χ1v) is 16.5. The van der Waals surface area contributed by atoms with Crippen LogP contribution in [0.15, 0.2) is 36.4 Å². The largest absolute Gasteiger partial charge is 0.466 e. The molecule has 2 unspecified atom stereocenters. The first-order chi connectivity index (χ1) is 23.3. The topological polar surface area (TPSA) is 91.7 Å². The third-order valence-electron chi connectivity index (χ3n) is 8.89. The molecule has 2 aromatic carbocycles. The Kier molecular flexibility index (Phi) is 11.6. The number of benzene rings is 2. The Morgan fingerprint density at radius 1 is 1.04 bits per heavy atom. The van der Waals surface area contributed by atoms with Crippen LogP contribution in [0.4, 0.5) is 41.4 Å². The van der Waals surface area contributed by atoms with Gasteiger partial charge in [-0.05, 0) is 87.1 Å². The van der Waals surface area contributed by atoms with Crippen molar-refractivity contribution in [1.82, 2.24) is 0 Å². The van der Waals surface area contributed by atoms with Crippen molar-refractivity contribution >= 4 is 33.8 Å². The maximum Gasteiger partial charge on any atom is 0.416 e. The number of ether oxygens (including phenoxy) is 2. The Morgan fingerprint density at radius 3 is 2.20 bits per heavy atom. The zero-order valence-electron chi connectivity index (χ0n) is 27.9. The van der Waals surface area contributed by atoms with E-state index in [-0.39, 0.29) is 42.2 Å². The quantitative estimate of drug-likeness (QED) is 0.156. The molecular weight excluding hydrogens is 691 g/mol. The number of nitrogens with zero attached hydrogens (tertiary/aromatic N) is 2. The van der Waals surface area contributed by atoms with E-state index >= 15 is 0 Å². The number of hydrogen-bond donors (Lipinski definition) is 1. The van der Waals surface area contributed by atoms with E-state index in [0.29, 0.717) is 52.6 Å². The third-order valence-corrected chi connectivity index (χ3v) is 10.2. The van der Waals surface area contributed by atoms with Crippen LogP contribution in [0.25, 0.3) is 10.4 Å². The number of Topliss-reactive ketones (excluding diaryl/α,β-unsaturated/α-hetero) is 1. The molecule has 7 nitrogen and oxygen atoms in total. The zero-order valence-corrected chi connectivity index (χ0v) is 28.8. The van der Waals surface area contributed by atoms with Crippen LogP contribution in [0.2, 0.25) is 0 Å². The molecule has 0 spiro atoms. The van der Waals surface area contributed by atoms with Crippen LogP contribution in [0.3, 0.4) is 0 Å². The number of nitrogens with one attached hydrogen (secondary N) is 1. The minimum Gasteiger partial charge on any atom is -0.466 e. The minimum atomic E-state index is -5.10. The zero-order chi connectivity index (χ0) is 37.2. The Labute approximate surface area is 289 Å². The summed E-state index contributed by atoms with van der Waals surface area (Å²) in [4.78, 5) is 28.3. The first kappa shape index (κ1) is 38.6. The molecule has 3 aromatic rings. The van der Waals surface area contributed by atoms with E-state index in [1.165, 1.54) is 50.5 Å². The second kappa shape index (κ2) is 15.0. The smallest absolute Gasteiger partial charge is 0.416 e. The fourth-order valence-corrected chi connectivity index (χ4v) is 7.29. The monoisotopic (exact) mass is 727 g/mol. The predicted octanol–water partition coefficient (Wildman–Crippen LogP) is 8.53. The molecule has 0 radical (unpaired) electrons. The van der Waals surface area contributed by atoms with Crippen LogP contribution in [-0.4, -0.2) is 51.2 Å². The van der Waals surface area contributed by atoms with E-state index in [1.54, 1.807) is 13.8 Å². The van der Waals surface area contributed by atoms with Gasteiger partial charge in [0.05, 0.1) is 52.8 Å². The van der Waals surface area contributed by atoms with Gasteiger partial charge < -0.3 is 19.7 Å². The Morgan fingerprint density at radius 2 is 1.66 bits per heavy atom. The molecule has 1 aliphatic rings. The SMILES string of the molecule is CCOC(=O)CC1CCN(c2sc(-c3ccc(F)cc3C)c(NCC(=O)C(C)(C)c3cc(C(F)(F)F)cc(C(F)(F)F)c3)c2C#N)CC1OC. The third kappa shape index (κ3) is 8.40. The molecule has 1 fully saturated rings. The van der Waals surface area contributed by atoms with Gasteiger partial charge in [-0.1, -0.05) is 6.07 Å². The van der Waals surface area contributed by atoms with Crippen molar-refractivity contribution in [2.75, 3.05) is 43.6 Å². The van der Waals surface area contributed by atoms with Crippen molar-refractivity contribution in [2.45, 2.75) is 64.4 Å². The molecule has 15 heteroatoms. The van der Waals surface area contributed by atoms with Gasteiger partial charge in [-0.15, -0.1) is 11.3 Å². The average Bonchev–Trinajstić information content (AvgIpc) is 3.40. The Balaban J connectivity index is 1.72. The number of nitriles is 1. The number of alkyl halides is 6. The summed E-state index contributed by atoms with van der Waals surface area (Å²) in [5, 5.41) is 13.9. The lowest BCUT2D eigenvalue weighted by Gasteiger charge is -2.38. The number of carbonyl (C=O) groups is 2. The molecule has 0 bridgehead atoms. The number of carbonyl (C=O) groups excluding carboxylic acids is 2. The number of methoxy groups -OCH3 is 1. The van der Waals surface area contributed by atoms with Gasteiger partial charge >= 0.3 is 18.3 Å². The number of hydrogen-bond acceptors (Lipinski definition) is 8. The molecule has 270 valence electrons. The van der Waals surface area contributed by atoms with Gasteiger partial charge in [0.15, 0.2) is 5.78 Å². The molecule has 2 atom stereocenters. The van der Waals surface area contributed by atoms with Gasteiger partial charge in [-0.25, -0.2) is 4.39 Å². The van der Waals surface area contributed by atoms with Crippen LogP contribution in [-0.2, 0) is 36.8 Å². The molecule has 50 heavy (non-hydrogen) atoms. The molecule has 2 heterocycles. The van der Waals surface area contributed by atoms with E-state index in [0.717, 1.165) is 0 Å². The molecule has 1 N–H and O–H groups in total. The molecular formula is C35H36F7N3O4S. The van der Waals surface area contributed by atoms with Crippen LogP contribution >= 0.6 is 11.3 Å². The number of halogens is 7. The fourth-order valence-electron chi connectivity index (χ4n) is 5.94. The molecule has 1 aliphatic heterocycles. The van der Waals surface area contributed by atoms with Gasteiger partial charge in [0, 0.05) is 20.2 Å². The number of thiophene rings is 1.